The van der Waals surface area contributed by atoms with E-state index in [0.717, 1.165) is 13.0 Å². The first-order valence-electron chi connectivity index (χ1n) is 6.03. The van der Waals surface area contributed by atoms with Gasteiger partial charge in [0.05, 0.1) is 5.60 Å². The first kappa shape index (κ1) is 13.2. The van der Waals surface area contributed by atoms with Crippen molar-refractivity contribution < 1.29 is 5.11 Å². The van der Waals surface area contributed by atoms with Crippen LogP contribution in [0, 0.1) is 5.92 Å². The summed E-state index contributed by atoms with van der Waals surface area (Å²) in [5.74, 6) is 0.316. The molecule has 1 aromatic rings. The van der Waals surface area contributed by atoms with Gasteiger partial charge >= 0.3 is 0 Å². The Labute approximate surface area is 98.7 Å². The maximum Gasteiger partial charge on any atom is 0.0768 e. The zero-order chi connectivity index (χ0) is 12.0. The number of hydrogen-bond acceptors (Lipinski definition) is 2. The molecule has 0 amide bonds. The van der Waals surface area contributed by atoms with Gasteiger partial charge in [0, 0.05) is 13.1 Å². The van der Waals surface area contributed by atoms with E-state index < -0.39 is 5.60 Å². The van der Waals surface area contributed by atoms with Crippen molar-refractivity contribution in [1.82, 2.24) is 5.32 Å². The van der Waals surface area contributed by atoms with Gasteiger partial charge in [-0.15, -0.1) is 0 Å². The fraction of sp³-hybridized carbons (Fsp3) is 0.571. The Kier molecular flexibility index (Phi) is 4.97. The lowest BCUT2D eigenvalue weighted by atomic mass is 9.88. The molecule has 1 rings (SSSR count). The Bertz CT molecular complexity index is 295. The van der Waals surface area contributed by atoms with E-state index in [2.05, 4.69) is 31.3 Å². The summed E-state index contributed by atoms with van der Waals surface area (Å²) < 4.78 is 0. The minimum atomic E-state index is -0.621. The second kappa shape index (κ2) is 6.02. The van der Waals surface area contributed by atoms with Gasteiger partial charge in [-0.05, 0) is 18.4 Å². The van der Waals surface area contributed by atoms with Crippen LogP contribution in [0.2, 0.25) is 0 Å². The van der Waals surface area contributed by atoms with Crippen molar-refractivity contribution in [1.29, 1.82) is 0 Å². The van der Waals surface area contributed by atoms with Gasteiger partial charge in [0.25, 0.3) is 0 Å². The molecular weight excluding hydrogens is 198 g/mol. The summed E-state index contributed by atoms with van der Waals surface area (Å²) >= 11 is 0. The van der Waals surface area contributed by atoms with Crippen LogP contribution in [0.15, 0.2) is 30.3 Å². The summed E-state index contributed by atoms with van der Waals surface area (Å²) in [5, 5.41) is 13.5. The zero-order valence-electron chi connectivity index (χ0n) is 10.5. The molecule has 0 aliphatic carbocycles. The van der Waals surface area contributed by atoms with Gasteiger partial charge < -0.3 is 10.4 Å². The highest BCUT2D eigenvalue weighted by molar-refractivity contribution is 5.14. The molecule has 0 radical (unpaired) electrons. The molecule has 0 aliphatic rings. The molecule has 0 saturated heterocycles. The van der Waals surface area contributed by atoms with E-state index >= 15 is 0 Å². The first-order chi connectivity index (χ1) is 7.56. The second-order valence-corrected chi connectivity index (χ2v) is 4.76. The highest BCUT2D eigenvalue weighted by Crippen LogP contribution is 2.18. The summed E-state index contributed by atoms with van der Waals surface area (Å²) in [6.45, 7) is 7.55. The molecule has 2 heteroatoms. The first-order valence-corrected chi connectivity index (χ1v) is 6.03. The molecule has 0 heterocycles. The van der Waals surface area contributed by atoms with Crippen molar-refractivity contribution in [3.8, 4) is 0 Å². The Morgan fingerprint density at radius 3 is 2.50 bits per heavy atom. The van der Waals surface area contributed by atoms with Crippen molar-refractivity contribution >= 4 is 0 Å². The van der Waals surface area contributed by atoms with Crippen LogP contribution in [-0.4, -0.2) is 17.3 Å². The molecule has 0 aliphatic heterocycles. The summed E-state index contributed by atoms with van der Waals surface area (Å²) in [6.07, 6.45) is 1.00. The quantitative estimate of drug-likeness (QED) is 0.774. The predicted molar refractivity (Wildman–Crippen MR) is 68.2 cm³/mol. The molecule has 2 N–H and O–H groups in total. The van der Waals surface area contributed by atoms with Gasteiger partial charge in [0.1, 0.15) is 0 Å². The van der Waals surface area contributed by atoms with E-state index in [4.69, 9.17) is 0 Å². The molecule has 2 nitrogen and oxygen atoms in total. The monoisotopic (exact) mass is 221 g/mol. The van der Waals surface area contributed by atoms with E-state index in [1.165, 1.54) is 5.56 Å². The molecule has 90 valence electrons. The lowest BCUT2D eigenvalue weighted by molar-refractivity contribution is 0.00535. The van der Waals surface area contributed by atoms with Crippen molar-refractivity contribution in [3.05, 3.63) is 35.9 Å². The van der Waals surface area contributed by atoms with Crippen LogP contribution in [0.5, 0.6) is 0 Å². The minimum absolute atomic E-state index is 0.316. The largest absolute Gasteiger partial charge is 0.389 e. The maximum atomic E-state index is 10.2. The number of nitrogens with one attached hydrogen (secondary N) is 1. The third-order valence-corrected chi connectivity index (χ3v) is 3.33. The Hall–Kier alpha value is -0.860. The smallest absolute Gasteiger partial charge is 0.0768 e. The van der Waals surface area contributed by atoms with E-state index in [-0.39, 0.29) is 0 Å². The van der Waals surface area contributed by atoms with E-state index in [1.54, 1.807) is 0 Å². The molecule has 2 unspecified atom stereocenters. The molecule has 0 fully saturated rings. The molecule has 0 aromatic heterocycles. The summed E-state index contributed by atoms with van der Waals surface area (Å²) in [6, 6.07) is 10.3. The molecule has 1 aromatic carbocycles. The number of rotatable bonds is 6. The van der Waals surface area contributed by atoms with Gasteiger partial charge in [-0.1, -0.05) is 50.6 Å². The highest BCUT2D eigenvalue weighted by atomic mass is 16.3. The molecule has 2 atom stereocenters. The van der Waals surface area contributed by atoms with Crippen LogP contribution >= 0.6 is 0 Å². The average molecular weight is 221 g/mol. The zero-order valence-corrected chi connectivity index (χ0v) is 10.5. The maximum absolute atomic E-state index is 10.2. The van der Waals surface area contributed by atoms with Gasteiger partial charge in [0.2, 0.25) is 0 Å². The van der Waals surface area contributed by atoms with Crippen LogP contribution in [0.25, 0.3) is 0 Å². The van der Waals surface area contributed by atoms with Crippen LogP contribution < -0.4 is 5.32 Å². The number of aliphatic hydroxyl groups is 1. The Morgan fingerprint density at radius 1 is 1.31 bits per heavy atom. The molecular formula is C14H23NO. The summed E-state index contributed by atoms with van der Waals surface area (Å²) in [4.78, 5) is 0. The van der Waals surface area contributed by atoms with Crippen molar-refractivity contribution in [2.45, 2.75) is 39.3 Å². The lowest BCUT2D eigenvalue weighted by Crippen LogP contribution is -2.42. The van der Waals surface area contributed by atoms with Gasteiger partial charge in [-0.2, -0.15) is 0 Å². The normalized spacial score (nSPS) is 16.8. The average Bonchev–Trinajstić information content (AvgIpc) is 2.29. The van der Waals surface area contributed by atoms with Crippen molar-refractivity contribution in [2.75, 3.05) is 6.54 Å². The second-order valence-electron chi connectivity index (χ2n) is 4.76. The molecule has 0 saturated carbocycles. The molecule has 0 spiro atoms. The van der Waals surface area contributed by atoms with Crippen LogP contribution in [-0.2, 0) is 6.54 Å². The van der Waals surface area contributed by atoms with E-state index in [1.807, 2.05) is 25.1 Å². The lowest BCUT2D eigenvalue weighted by Gasteiger charge is -2.30. The standard InChI is InChI=1S/C14H23NO/c1-4-12(2)14(3,16)11-15-10-13-8-6-5-7-9-13/h5-9,12,15-16H,4,10-11H2,1-3H3. The van der Waals surface area contributed by atoms with Gasteiger partial charge in [0.15, 0.2) is 0 Å². The fourth-order valence-corrected chi connectivity index (χ4v) is 1.67. The Balaban J connectivity index is 2.35. The van der Waals surface area contributed by atoms with Crippen LogP contribution in [0.4, 0.5) is 0 Å². The predicted octanol–water partition coefficient (Wildman–Crippen LogP) is 2.57. The third-order valence-electron chi connectivity index (χ3n) is 3.33. The van der Waals surface area contributed by atoms with Gasteiger partial charge in [-0.3, -0.25) is 0 Å². The summed E-state index contributed by atoms with van der Waals surface area (Å²) in [5.41, 5.74) is 0.631. The summed E-state index contributed by atoms with van der Waals surface area (Å²) in [7, 11) is 0. The molecule has 0 bridgehead atoms. The van der Waals surface area contributed by atoms with Crippen LogP contribution in [0.3, 0.4) is 0 Å². The molecule has 16 heavy (non-hydrogen) atoms. The Morgan fingerprint density at radius 2 is 1.94 bits per heavy atom. The minimum Gasteiger partial charge on any atom is -0.389 e. The van der Waals surface area contributed by atoms with Crippen LogP contribution in [0.1, 0.15) is 32.8 Å². The number of hydrogen-bond donors (Lipinski definition) is 2. The third kappa shape index (κ3) is 3.95. The number of benzene rings is 1. The van der Waals surface area contributed by atoms with Crippen molar-refractivity contribution in [2.24, 2.45) is 5.92 Å². The van der Waals surface area contributed by atoms with Crippen molar-refractivity contribution in [3.63, 3.8) is 0 Å². The fourth-order valence-electron chi connectivity index (χ4n) is 1.67. The topological polar surface area (TPSA) is 32.3 Å². The van der Waals surface area contributed by atoms with E-state index in [9.17, 15) is 5.11 Å². The SMILES string of the molecule is CCC(C)C(C)(O)CNCc1ccccc1. The van der Waals surface area contributed by atoms with Gasteiger partial charge in [-0.25, -0.2) is 0 Å². The highest BCUT2D eigenvalue weighted by Gasteiger charge is 2.26. The van der Waals surface area contributed by atoms with E-state index in [0.29, 0.717) is 12.5 Å².